The lowest BCUT2D eigenvalue weighted by atomic mass is 10.1. The second kappa shape index (κ2) is 8.58. The van der Waals surface area contributed by atoms with Gasteiger partial charge in [0.1, 0.15) is 5.82 Å². The van der Waals surface area contributed by atoms with Crippen LogP contribution < -0.4 is 5.32 Å². The summed E-state index contributed by atoms with van der Waals surface area (Å²) in [5, 5.41) is 13.9. The molecule has 2 N–H and O–H groups in total. The maximum atomic E-state index is 10.5. The minimum absolute atomic E-state index is 0.0516. The molecule has 0 unspecified atom stereocenters. The van der Waals surface area contributed by atoms with Crippen LogP contribution in [0.1, 0.15) is 11.4 Å². The molecule has 0 spiro atoms. The molecule has 0 bridgehead atoms. The van der Waals surface area contributed by atoms with Crippen LogP contribution in [-0.2, 0) is 24.8 Å². The SMILES string of the molecule is CN(CCc1ccccc1)C[C@@H]1OC[C@H](NCc2nccn2C)[C@H]1O. The predicted molar refractivity (Wildman–Crippen MR) is 97.2 cm³/mol. The van der Waals surface area contributed by atoms with E-state index in [9.17, 15) is 5.11 Å². The molecular weight excluding hydrogens is 316 g/mol. The molecule has 6 nitrogen and oxygen atoms in total. The number of aryl methyl sites for hydroxylation is 1. The smallest absolute Gasteiger partial charge is 0.122 e. The minimum atomic E-state index is -0.501. The summed E-state index contributed by atoms with van der Waals surface area (Å²) in [5.41, 5.74) is 1.33. The molecule has 3 rings (SSSR count). The summed E-state index contributed by atoms with van der Waals surface area (Å²) in [6.07, 6.45) is 4.05. The molecule has 1 aromatic heterocycles. The second-order valence-electron chi connectivity index (χ2n) is 6.80. The van der Waals surface area contributed by atoms with Gasteiger partial charge in [0, 0.05) is 32.5 Å². The first-order valence-electron chi connectivity index (χ1n) is 8.85. The highest BCUT2D eigenvalue weighted by atomic mass is 16.5. The molecule has 3 atom stereocenters. The maximum Gasteiger partial charge on any atom is 0.122 e. The third-order valence-electron chi connectivity index (χ3n) is 4.84. The number of nitrogens with zero attached hydrogens (tertiary/aromatic N) is 3. The zero-order valence-electron chi connectivity index (χ0n) is 15.0. The molecule has 0 aliphatic carbocycles. The van der Waals surface area contributed by atoms with E-state index in [2.05, 4.69) is 46.5 Å². The van der Waals surface area contributed by atoms with Gasteiger partial charge in [0.2, 0.25) is 0 Å². The van der Waals surface area contributed by atoms with Crippen molar-refractivity contribution in [3.8, 4) is 0 Å². The number of hydrogen-bond donors (Lipinski definition) is 2. The largest absolute Gasteiger partial charge is 0.389 e. The van der Waals surface area contributed by atoms with Gasteiger partial charge < -0.3 is 24.6 Å². The van der Waals surface area contributed by atoms with Crippen molar-refractivity contribution in [2.75, 3.05) is 26.7 Å². The van der Waals surface area contributed by atoms with Gasteiger partial charge in [-0.1, -0.05) is 30.3 Å². The maximum absolute atomic E-state index is 10.5. The molecule has 6 heteroatoms. The zero-order chi connectivity index (χ0) is 17.6. The quantitative estimate of drug-likeness (QED) is 0.742. The first kappa shape index (κ1) is 18.1. The van der Waals surface area contributed by atoms with E-state index in [1.807, 2.05) is 23.9 Å². The molecule has 1 saturated heterocycles. The lowest BCUT2D eigenvalue weighted by molar-refractivity contribution is 0.0202. The summed E-state index contributed by atoms with van der Waals surface area (Å²) in [5.74, 6) is 0.954. The van der Waals surface area contributed by atoms with E-state index in [0.717, 1.165) is 25.3 Å². The highest BCUT2D eigenvalue weighted by Gasteiger charge is 2.36. The van der Waals surface area contributed by atoms with Gasteiger partial charge in [-0.3, -0.25) is 0 Å². The number of rotatable bonds is 8. The molecule has 2 aromatic rings. The number of nitrogens with one attached hydrogen (secondary N) is 1. The van der Waals surface area contributed by atoms with Crippen molar-refractivity contribution in [3.05, 3.63) is 54.1 Å². The van der Waals surface area contributed by atoms with E-state index in [1.165, 1.54) is 5.56 Å². The van der Waals surface area contributed by atoms with Crippen LogP contribution in [-0.4, -0.2) is 64.6 Å². The van der Waals surface area contributed by atoms with Gasteiger partial charge in [-0.05, 0) is 19.0 Å². The molecule has 2 heterocycles. The third-order valence-corrected chi connectivity index (χ3v) is 4.84. The van der Waals surface area contributed by atoms with Gasteiger partial charge >= 0.3 is 0 Å². The van der Waals surface area contributed by atoms with E-state index >= 15 is 0 Å². The lowest BCUT2D eigenvalue weighted by Crippen LogP contribution is -2.44. The number of hydrogen-bond acceptors (Lipinski definition) is 5. The van der Waals surface area contributed by atoms with Gasteiger partial charge in [0.05, 0.1) is 31.4 Å². The Bertz CT molecular complexity index is 646. The van der Waals surface area contributed by atoms with Crippen molar-refractivity contribution in [3.63, 3.8) is 0 Å². The summed E-state index contributed by atoms with van der Waals surface area (Å²) in [6.45, 7) is 2.84. The molecule has 1 aromatic carbocycles. The fourth-order valence-electron chi connectivity index (χ4n) is 3.18. The molecule has 1 fully saturated rings. The van der Waals surface area contributed by atoms with Crippen molar-refractivity contribution in [2.24, 2.45) is 7.05 Å². The van der Waals surface area contributed by atoms with Crippen molar-refractivity contribution in [1.29, 1.82) is 0 Å². The Morgan fingerprint density at radius 1 is 1.36 bits per heavy atom. The average molecular weight is 344 g/mol. The normalized spacial score (nSPS) is 23.4. The summed E-state index contributed by atoms with van der Waals surface area (Å²) < 4.78 is 7.80. The summed E-state index contributed by atoms with van der Waals surface area (Å²) in [7, 11) is 4.05. The minimum Gasteiger partial charge on any atom is -0.389 e. The second-order valence-corrected chi connectivity index (χ2v) is 6.80. The molecular formula is C19H28N4O2. The summed E-state index contributed by atoms with van der Waals surface area (Å²) in [4.78, 5) is 6.52. The number of imidazole rings is 1. The predicted octanol–water partition coefficient (Wildman–Crippen LogP) is 0.812. The van der Waals surface area contributed by atoms with Crippen LogP contribution in [0.5, 0.6) is 0 Å². The standard InChI is InChI=1S/C19H28N4O2/c1-22(10-8-15-6-4-3-5-7-15)13-17-19(24)16(14-25-17)21-12-18-20-9-11-23(18)2/h3-7,9,11,16-17,19,21,24H,8,10,12-14H2,1-2H3/t16-,17-,19+/m0/s1. The Labute approximate surface area is 149 Å². The van der Waals surface area contributed by atoms with Crippen molar-refractivity contribution >= 4 is 0 Å². The number of ether oxygens (including phenoxy) is 1. The van der Waals surface area contributed by atoms with Crippen molar-refractivity contribution in [1.82, 2.24) is 19.8 Å². The molecule has 1 aliphatic rings. The first-order valence-corrected chi connectivity index (χ1v) is 8.85. The lowest BCUT2D eigenvalue weighted by Gasteiger charge is -2.24. The molecule has 136 valence electrons. The summed E-state index contributed by atoms with van der Waals surface area (Å²) in [6, 6.07) is 10.4. The number of aliphatic hydroxyl groups excluding tert-OH is 1. The Balaban J connectivity index is 1.42. The number of likely N-dealkylation sites (N-methyl/N-ethyl adjacent to an activating group) is 1. The van der Waals surface area contributed by atoms with E-state index in [-0.39, 0.29) is 12.1 Å². The van der Waals surface area contributed by atoms with Crippen LogP contribution in [0.15, 0.2) is 42.7 Å². The fraction of sp³-hybridized carbons (Fsp3) is 0.526. The number of benzene rings is 1. The average Bonchev–Trinajstić information content (AvgIpc) is 3.18. The van der Waals surface area contributed by atoms with Crippen LogP contribution in [0.3, 0.4) is 0 Å². The molecule has 0 amide bonds. The van der Waals surface area contributed by atoms with Gasteiger partial charge in [0.15, 0.2) is 0 Å². The van der Waals surface area contributed by atoms with E-state index in [1.54, 1.807) is 6.20 Å². The Morgan fingerprint density at radius 2 is 2.16 bits per heavy atom. The van der Waals surface area contributed by atoms with Gasteiger partial charge in [0.25, 0.3) is 0 Å². The first-order chi connectivity index (χ1) is 12.1. The highest BCUT2D eigenvalue weighted by Crippen LogP contribution is 2.16. The van der Waals surface area contributed by atoms with E-state index < -0.39 is 6.10 Å². The van der Waals surface area contributed by atoms with Crippen LogP contribution in [0, 0.1) is 0 Å². The summed E-state index contributed by atoms with van der Waals surface area (Å²) >= 11 is 0. The van der Waals surface area contributed by atoms with Crippen LogP contribution >= 0.6 is 0 Å². The molecule has 25 heavy (non-hydrogen) atoms. The fourth-order valence-corrected chi connectivity index (χ4v) is 3.18. The Kier molecular flexibility index (Phi) is 6.20. The van der Waals surface area contributed by atoms with Crippen LogP contribution in [0.2, 0.25) is 0 Å². The van der Waals surface area contributed by atoms with Gasteiger partial charge in [-0.2, -0.15) is 0 Å². The van der Waals surface area contributed by atoms with Gasteiger partial charge in [-0.25, -0.2) is 4.98 Å². The topological polar surface area (TPSA) is 62.5 Å². The van der Waals surface area contributed by atoms with E-state index in [4.69, 9.17) is 4.74 Å². The Morgan fingerprint density at radius 3 is 2.88 bits per heavy atom. The third kappa shape index (κ3) is 4.89. The molecule has 0 radical (unpaired) electrons. The van der Waals surface area contributed by atoms with Crippen molar-refractivity contribution in [2.45, 2.75) is 31.2 Å². The molecule has 0 saturated carbocycles. The molecule has 1 aliphatic heterocycles. The van der Waals surface area contributed by atoms with Crippen molar-refractivity contribution < 1.29 is 9.84 Å². The Hall–Kier alpha value is -1.73. The van der Waals surface area contributed by atoms with Crippen LogP contribution in [0.25, 0.3) is 0 Å². The monoisotopic (exact) mass is 344 g/mol. The zero-order valence-corrected chi connectivity index (χ0v) is 15.0. The van der Waals surface area contributed by atoms with Crippen LogP contribution in [0.4, 0.5) is 0 Å². The number of aliphatic hydroxyl groups is 1. The van der Waals surface area contributed by atoms with E-state index in [0.29, 0.717) is 13.2 Å². The van der Waals surface area contributed by atoms with Gasteiger partial charge in [-0.15, -0.1) is 0 Å². The number of aromatic nitrogens is 2. The highest BCUT2D eigenvalue weighted by molar-refractivity contribution is 5.14.